The van der Waals surface area contributed by atoms with Crippen molar-refractivity contribution in [2.45, 2.75) is 24.9 Å². The van der Waals surface area contributed by atoms with Crippen molar-refractivity contribution in [3.8, 4) is 0 Å². The van der Waals surface area contributed by atoms with Gasteiger partial charge in [-0.25, -0.2) is 4.39 Å². The third-order valence-corrected chi connectivity index (χ3v) is 3.48. The summed E-state index contributed by atoms with van der Waals surface area (Å²) in [5.74, 6) is -0.168. The van der Waals surface area contributed by atoms with Crippen LogP contribution in [-0.4, -0.2) is 18.6 Å². The average molecular weight is 273 g/mol. The second-order valence-corrected chi connectivity index (χ2v) is 4.78. The summed E-state index contributed by atoms with van der Waals surface area (Å²) in [5, 5.41) is 3.29. The fraction of sp³-hybridized carbons (Fsp3) is 0.455. The highest BCUT2D eigenvalue weighted by molar-refractivity contribution is 9.10. The monoisotopic (exact) mass is 272 g/mol. The van der Waals surface area contributed by atoms with Gasteiger partial charge in [-0.2, -0.15) is 0 Å². The lowest BCUT2D eigenvalue weighted by atomic mass is 10.0. The van der Waals surface area contributed by atoms with Crippen molar-refractivity contribution < 1.29 is 4.39 Å². The first-order valence-electron chi connectivity index (χ1n) is 5.10. The summed E-state index contributed by atoms with van der Waals surface area (Å²) in [4.78, 5) is 0. The molecule has 1 aromatic carbocycles. The van der Waals surface area contributed by atoms with E-state index < -0.39 is 0 Å². The van der Waals surface area contributed by atoms with Crippen molar-refractivity contribution in [3.63, 3.8) is 0 Å². The zero-order valence-electron chi connectivity index (χ0n) is 8.34. The maximum absolute atomic E-state index is 13.7. The van der Waals surface area contributed by atoms with Crippen LogP contribution in [0.5, 0.6) is 0 Å². The topological polar surface area (TPSA) is 38.0 Å². The molecule has 1 heterocycles. The molecule has 0 aliphatic carbocycles. The van der Waals surface area contributed by atoms with Crippen LogP contribution in [0.15, 0.2) is 22.7 Å². The van der Waals surface area contributed by atoms with Crippen LogP contribution in [0, 0.1) is 5.82 Å². The highest BCUT2D eigenvalue weighted by Gasteiger charge is 2.24. The van der Waals surface area contributed by atoms with E-state index in [4.69, 9.17) is 5.73 Å². The summed E-state index contributed by atoms with van der Waals surface area (Å²) in [7, 11) is 0. The Morgan fingerprint density at radius 2 is 2.33 bits per heavy atom. The van der Waals surface area contributed by atoms with Crippen molar-refractivity contribution in [2.75, 3.05) is 6.54 Å². The molecule has 1 aliphatic heterocycles. The van der Waals surface area contributed by atoms with E-state index in [-0.39, 0.29) is 17.9 Å². The summed E-state index contributed by atoms with van der Waals surface area (Å²) < 4.78 is 14.2. The Kier molecular flexibility index (Phi) is 3.38. The van der Waals surface area contributed by atoms with E-state index in [0.717, 1.165) is 18.5 Å². The van der Waals surface area contributed by atoms with Crippen LogP contribution in [0.1, 0.15) is 12.0 Å². The summed E-state index contributed by atoms with van der Waals surface area (Å²) >= 11 is 3.18. The van der Waals surface area contributed by atoms with Gasteiger partial charge in [0, 0.05) is 12.1 Å². The third kappa shape index (κ3) is 2.38. The molecule has 0 saturated carbocycles. The molecular weight excluding hydrogens is 259 g/mol. The molecule has 4 heteroatoms. The Hall–Kier alpha value is -0.450. The fourth-order valence-corrected chi connectivity index (χ4v) is 2.36. The molecule has 2 atom stereocenters. The summed E-state index contributed by atoms with van der Waals surface area (Å²) in [5.41, 5.74) is 6.64. The number of halogens is 2. The summed E-state index contributed by atoms with van der Waals surface area (Å²) in [6, 6.07) is 5.72. The van der Waals surface area contributed by atoms with Gasteiger partial charge in [-0.3, -0.25) is 0 Å². The lowest BCUT2D eigenvalue weighted by Crippen LogP contribution is -2.38. The molecule has 82 valence electrons. The van der Waals surface area contributed by atoms with Gasteiger partial charge in [-0.15, -0.1) is 0 Å². The molecule has 1 fully saturated rings. The minimum absolute atomic E-state index is 0.142. The third-order valence-electron chi connectivity index (χ3n) is 2.87. The molecule has 1 saturated heterocycles. The van der Waals surface area contributed by atoms with Crippen LogP contribution in [0.4, 0.5) is 4.39 Å². The number of hydrogen-bond donors (Lipinski definition) is 2. The maximum atomic E-state index is 13.7. The van der Waals surface area contributed by atoms with E-state index in [9.17, 15) is 4.39 Å². The van der Waals surface area contributed by atoms with Gasteiger partial charge in [-0.05, 0) is 46.9 Å². The number of nitrogens with two attached hydrogens (primary N) is 1. The quantitative estimate of drug-likeness (QED) is 0.862. The van der Waals surface area contributed by atoms with Crippen molar-refractivity contribution in [1.82, 2.24) is 5.32 Å². The van der Waals surface area contributed by atoms with Gasteiger partial charge < -0.3 is 11.1 Å². The second-order valence-electron chi connectivity index (χ2n) is 3.93. The number of benzene rings is 1. The van der Waals surface area contributed by atoms with E-state index >= 15 is 0 Å². The number of hydrogen-bond acceptors (Lipinski definition) is 2. The maximum Gasteiger partial charge on any atom is 0.140 e. The molecule has 0 bridgehead atoms. The minimum Gasteiger partial charge on any atom is -0.326 e. The van der Waals surface area contributed by atoms with Crippen LogP contribution in [0.3, 0.4) is 0 Å². The SMILES string of the molecule is NC1CCNC1Cc1cccc(Br)c1F. The molecule has 0 amide bonds. The molecule has 0 spiro atoms. The van der Waals surface area contributed by atoms with E-state index in [0.29, 0.717) is 10.9 Å². The van der Waals surface area contributed by atoms with E-state index in [1.54, 1.807) is 6.07 Å². The molecule has 2 nitrogen and oxygen atoms in total. The van der Waals surface area contributed by atoms with E-state index in [2.05, 4.69) is 21.2 Å². The van der Waals surface area contributed by atoms with Crippen LogP contribution in [0.25, 0.3) is 0 Å². The summed E-state index contributed by atoms with van der Waals surface area (Å²) in [6.45, 7) is 0.932. The molecule has 1 aliphatic rings. The van der Waals surface area contributed by atoms with Crippen LogP contribution in [0.2, 0.25) is 0 Å². The van der Waals surface area contributed by atoms with E-state index in [1.807, 2.05) is 12.1 Å². The normalized spacial score (nSPS) is 25.8. The Balaban J connectivity index is 2.13. The first-order valence-corrected chi connectivity index (χ1v) is 5.89. The van der Waals surface area contributed by atoms with Gasteiger partial charge in [0.05, 0.1) is 4.47 Å². The zero-order chi connectivity index (χ0) is 10.8. The van der Waals surface area contributed by atoms with Gasteiger partial charge in [0.25, 0.3) is 0 Å². The highest BCUT2D eigenvalue weighted by atomic mass is 79.9. The summed E-state index contributed by atoms with van der Waals surface area (Å²) in [6.07, 6.45) is 1.63. The smallest absolute Gasteiger partial charge is 0.140 e. The van der Waals surface area contributed by atoms with Crippen molar-refractivity contribution in [1.29, 1.82) is 0 Å². The molecule has 1 aromatic rings. The number of rotatable bonds is 2. The van der Waals surface area contributed by atoms with Gasteiger partial charge in [0.1, 0.15) is 5.82 Å². The fourth-order valence-electron chi connectivity index (χ4n) is 1.95. The highest BCUT2D eigenvalue weighted by Crippen LogP contribution is 2.21. The lowest BCUT2D eigenvalue weighted by molar-refractivity contribution is 0.518. The second kappa shape index (κ2) is 4.60. The molecular formula is C11H14BrFN2. The molecule has 0 aromatic heterocycles. The van der Waals surface area contributed by atoms with Crippen LogP contribution in [-0.2, 0) is 6.42 Å². The molecule has 2 rings (SSSR count). The van der Waals surface area contributed by atoms with Crippen LogP contribution >= 0.6 is 15.9 Å². The predicted octanol–water partition coefficient (Wildman–Crippen LogP) is 1.82. The largest absolute Gasteiger partial charge is 0.326 e. The lowest BCUT2D eigenvalue weighted by Gasteiger charge is -2.16. The molecule has 3 N–H and O–H groups in total. The number of nitrogens with one attached hydrogen (secondary N) is 1. The molecule has 2 unspecified atom stereocenters. The van der Waals surface area contributed by atoms with Crippen molar-refractivity contribution in [3.05, 3.63) is 34.1 Å². The molecule has 0 radical (unpaired) electrons. The van der Waals surface area contributed by atoms with Gasteiger partial charge in [-0.1, -0.05) is 12.1 Å². The first-order chi connectivity index (χ1) is 7.18. The van der Waals surface area contributed by atoms with Gasteiger partial charge >= 0.3 is 0 Å². The van der Waals surface area contributed by atoms with Gasteiger partial charge in [0.15, 0.2) is 0 Å². The van der Waals surface area contributed by atoms with Gasteiger partial charge in [0.2, 0.25) is 0 Å². The first kappa shape index (κ1) is 11.0. The predicted molar refractivity (Wildman–Crippen MR) is 62.2 cm³/mol. The average Bonchev–Trinajstić information content (AvgIpc) is 2.60. The standard InChI is InChI=1S/C11H14BrFN2/c12-8-3-1-2-7(11(8)13)6-10-9(14)4-5-15-10/h1-3,9-10,15H,4-6,14H2. The van der Waals surface area contributed by atoms with E-state index in [1.165, 1.54) is 0 Å². The Morgan fingerprint density at radius 1 is 1.53 bits per heavy atom. The molecule has 15 heavy (non-hydrogen) atoms. The Bertz CT molecular complexity index is 356. The zero-order valence-corrected chi connectivity index (χ0v) is 9.93. The Labute approximate surface area is 97.2 Å². The Morgan fingerprint density at radius 3 is 3.00 bits per heavy atom. The minimum atomic E-state index is -0.168. The van der Waals surface area contributed by atoms with Crippen LogP contribution < -0.4 is 11.1 Å². The van der Waals surface area contributed by atoms with Crippen molar-refractivity contribution >= 4 is 15.9 Å². The van der Waals surface area contributed by atoms with Crippen molar-refractivity contribution in [2.24, 2.45) is 5.73 Å².